The minimum Gasteiger partial charge on any atom is -0.458 e. The van der Waals surface area contributed by atoms with Crippen LogP contribution in [0.3, 0.4) is 0 Å². The van der Waals surface area contributed by atoms with Gasteiger partial charge in [0.05, 0.1) is 11.8 Å². The Bertz CT molecular complexity index is 483. The van der Waals surface area contributed by atoms with Crippen LogP contribution >= 0.6 is 0 Å². The Labute approximate surface area is 111 Å². The molecule has 19 heavy (non-hydrogen) atoms. The van der Waals surface area contributed by atoms with Crippen molar-refractivity contribution in [2.45, 2.75) is 39.3 Å². The number of nitrogens with zero attached hydrogens (tertiary/aromatic N) is 1. The van der Waals surface area contributed by atoms with Crippen molar-refractivity contribution in [3.63, 3.8) is 0 Å². The fourth-order valence-corrected chi connectivity index (χ4v) is 1.28. The fraction of sp³-hybridized carbons (Fsp3) is 0.462. The van der Waals surface area contributed by atoms with Gasteiger partial charge in [0.2, 0.25) is 0 Å². The maximum atomic E-state index is 13.3. The number of nitrogens with one attached hydrogen (secondary N) is 1. The molecular formula is C13H17FN2O3. The van der Waals surface area contributed by atoms with Crippen LogP contribution in [0.1, 0.15) is 38.1 Å². The van der Waals surface area contributed by atoms with E-state index in [9.17, 15) is 14.0 Å². The molecule has 0 unspecified atom stereocenters. The van der Waals surface area contributed by atoms with Crippen LogP contribution in [0, 0.1) is 5.82 Å². The average molecular weight is 268 g/mol. The second-order valence-corrected chi connectivity index (χ2v) is 5.08. The third-order valence-corrected chi connectivity index (χ3v) is 2.13. The lowest BCUT2D eigenvalue weighted by Gasteiger charge is -2.22. The summed E-state index contributed by atoms with van der Waals surface area (Å²) in [5.41, 5.74) is -0.803. The summed E-state index contributed by atoms with van der Waals surface area (Å²) in [4.78, 5) is 27.0. The highest BCUT2D eigenvalue weighted by atomic mass is 19.1. The standard InChI is InChI=1S/C13H17FN2O3/c1-8(12(18)19-13(2,3)4)16-11(17)9-5-6-15-7-10(9)14/h5-8H,1-4H3,(H,16,17)/t8-/m0/s1. The first-order valence-electron chi connectivity index (χ1n) is 5.84. The Balaban J connectivity index is 2.67. The van der Waals surface area contributed by atoms with Gasteiger partial charge in [-0.15, -0.1) is 0 Å². The Kier molecular flexibility index (Phi) is 4.58. The van der Waals surface area contributed by atoms with Gasteiger partial charge < -0.3 is 10.1 Å². The molecule has 1 heterocycles. The molecule has 1 amide bonds. The predicted molar refractivity (Wildman–Crippen MR) is 67.0 cm³/mol. The van der Waals surface area contributed by atoms with E-state index in [4.69, 9.17) is 4.74 Å². The van der Waals surface area contributed by atoms with Crippen LogP contribution in [0.25, 0.3) is 0 Å². The Morgan fingerprint density at radius 3 is 2.58 bits per heavy atom. The first kappa shape index (κ1) is 15.1. The molecule has 0 saturated heterocycles. The number of rotatable bonds is 3. The molecule has 1 rings (SSSR count). The summed E-state index contributed by atoms with van der Waals surface area (Å²) in [5.74, 6) is -2.00. The molecule has 0 aromatic carbocycles. The molecule has 0 bridgehead atoms. The van der Waals surface area contributed by atoms with E-state index in [-0.39, 0.29) is 5.56 Å². The number of carbonyl (C=O) groups excluding carboxylic acids is 2. The van der Waals surface area contributed by atoms with Gasteiger partial charge >= 0.3 is 5.97 Å². The molecule has 1 N–H and O–H groups in total. The van der Waals surface area contributed by atoms with E-state index in [0.717, 1.165) is 6.20 Å². The molecule has 0 radical (unpaired) electrons. The van der Waals surface area contributed by atoms with E-state index in [2.05, 4.69) is 10.3 Å². The van der Waals surface area contributed by atoms with E-state index >= 15 is 0 Å². The SMILES string of the molecule is C[C@H](NC(=O)c1ccncc1F)C(=O)OC(C)(C)C. The minimum absolute atomic E-state index is 0.162. The number of ether oxygens (including phenoxy) is 1. The van der Waals surface area contributed by atoms with Crippen LogP contribution in [0.2, 0.25) is 0 Å². The van der Waals surface area contributed by atoms with E-state index in [0.29, 0.717) is 0 Å². The van der Waals surface area contributed by atoms with Gasteiger partial charge in [-0.3, -0.25) is 9.78 Å². The molecule has 0 aliphatic heterocycles. The summed E-state index contributed by atoms with van der Waals surface area (Å²) in [7, 11) is 0. The highest BCUT2D eigenvalue weighted by Crippen LogP contribution is 2.09. The number of halogens is 1. The quantitative estimate of drug-likeness (QED) is 0.847. The summed E-state index contributed by atoms with van der Waals surface area (Å²) < 4.78 is 18.4. The average Bonchev–Trinajstić information content (AvgIpc) is 2.27. The molecule has 1 aromatic heterocycles. The maximum absolute atomic E-state index is 13.3. The third-order valence-electron chi connectivity index (χ3n) is 2.13. The Morgan fingerprint density at radius 2 is 2.05 bits per heavy atom. The van der Waals surface area contributed by atoms with Gasteiger partial charge in [-0.25, -0.2) is 9.18 Å². The maximum Gasteiger partial charge on any atom is 0.328 e. The fourth-order valence-electron chi connectivity index (χ4n) is 1.28. The lowest BCUT2D eigenvalue weighted by Crippen LogP contribution is -2.42. The molecule has 5 nitrogen and oxygen atoms in total. The summed E-state index contributed by atoms with van der Waals surface area (Å²) in [6.07, 6.45) is 2.24. The van der Waals surface area contributed by atoms with Crippen LogP contribution in [-0.4, -0.2) is 28.5 Å². The highest BCUT2D eigenvalue weighted by Gasteiger charge is 2.24. The normalized spacial score (nSPS) is 12.7. The first-order chi connectivity index (χ1) is 8.70. The zero-order valence-electron chi connectivity index (χ0n) is 11.4. The van der Waals surface area contributed by atoms with Gasteiger partial charge in [-0.1, -0.05) is 0 Å². The second-order valence-electron chi connectivity index (χ2n) is 5.08. The zero-order chi connectivity index (χ0) is 14.6. The van der Waals surface area contributed by atoms with Crippen molar-refractivity contribution in [3.8, 4) is 0 Å². The summed E-state index contributed by atoms with van der Waals surface area (Å²) in [6, 6.07) is 0.381. The van der Waals surface area contributed by atoms with E-state index < -0.39 is 29.3 Å². The molecule has 1 aromatic rings. The van der Waals surface area contributed by atoms with Gasteiger partial charge in [0, 0.05) is 6.20 Å². The van der Waals surface area contributed by atoms with Crippen molar-refractivity contribution in [3.05, 3.63) is 29.8 Å². The van der Waals surface area contributed by atoms with Gasteiger partial charge in [-0.05, 0) is 33.8 Å². The summed E-state index contributed by atoms with van der Waals surface area (Å²) >= 11 is 0. The molecule has 0 spiro atoms. The zero-order valence-corrected chi connectivity index (χ0v) is 11.4. The van der Waals surface area contributed by atoms with E-state index in [1.807, 2.05) is 0 Å². The lowest BCUT2D eigenvalue weighted by molar-refractivity contribution is -0.156. The van der Waals surface area contributed by atoms with Gasteiger partial charge in [0.25, 0.3) is 5.91 Å². The summed E-state index contributed by atoms with van der Waals surface area (Å²) in [6.45, 7) is 6.65. The predicted octanol–water partition coefficient (Wildman–Crippen LogP) is 1.68. The Hall–Kier alpha value is -1.98. The van der Waals surface area contributed by atoms with E-state index in [1.54, 1.807) is 20.8 Å². The van der Waals surface area contributed by atoms with Gasteiger partial charge in [0.1, 0.15) is 11.6 Å². The van der Waals surface area contributed by atoms with Crippen molar-refractivity contribution in [2.24, 2.45) is 0 Å². The van der Waals surface area contributed by atoms with Crippen LogP contribution in [-0.2, 0) is 9.53 Å². The van der Waals surface area contributed by atoms with Gasteiger partial charge in [0.15, 0.2) is 5.82 Å². The summed E-state index contributed by atoms with van der Waals surface area (Å²) in [5, 5.41) is 2.38. The second kappa shape index (κ2) is 5.77. The first-order valence-corrected chi connectivity index (χ1v) is 5.84. The molecule has 6 heteroatoms. The Morgan fingerprint density at radius 1 is 1.42 bits per heavy atom. The number of hydrogen-bond donors (Lipinski definition) is 1. The number of hydrogen-bond acceptors (Lipinski definition) is 4. The lowest BCUT2D eigenvalue weighted by atomic mass is 10.2. The molecule has 0 aliphatic rings. The monoisotopic (exact) mass is 268 g/mol. The molecule has 0 fully saturated rings. The molecule has 0 saturated carbocycles. The number of amides is 1. The molecular weight excluding hydrogens is 251 g/mol. The van der Waals surface area contributed by atoms with Crippen molar-refractivity contribution < 1.29 is 18.7 Å². The third kappa shape index (κ3) is 4.65. The topological polar surface area (TPSA) is 68.3 Å². The molecule has 1 atom stereocenters. The van der Waals surface area contributed by atoms with Crippen LogP contribution < -0.4 is 5.32 Å². The number of esters is 1. The highest BCUT2D eigenvalue weighted by molar-refractivity contribution is 5.96. The van der Waals surface area contributed by atoms with Gasteiger partial charge in [-0.2, -0.15) is 0 Å². The minimum atomic E-state index is -0.862. The van der Waals surface area contributed by atoms with Crippen molar-refractivity contribution >= 4 is 11.9 Å². The van der Waals surface area contributed by atoms with Crippen LogP contribution in [0.5, 0.6) is 0 Å². The smallest absolute Gasteiger partial charge is 0.328 e. The van der Waals surface area contributed by atoms with Crippen LogP contribution in [0.15, 0.2) is 18.5 Å². The van der Waals surface area contributed by atoms with Crippen LogP contribution in [0.4, 0.5) is 4.39 Å². The molecule has 0 aliphatic carbocycles. The number of carbonyl (C=O) groups is 2. The molecule has 104 valence electrons. The number of aromatic nitrogens is 1. The number of pyridine rings is 1. The van der Waals surface area contributed by atoms with E-state index in [1.165, 1.54) is 19.2 Å². The van der Waals surface area contributed by atoms with Crippen molar-refractivity contribution in [1.29, 1.82) is 0 Å². The van der Waals surface area contributed by atoms with Crippen molar-refractivity contribution in [1.82, 2.24) is 10.3 Å². The van der Waals surface area contributed by atoms with Crippen molar-refractivity contribution in [2.75, 3.05) is 0 Å². The largest absolute Gasteiger partial charge is 0.458 e.